The van der Waals surface area contributed by atoms with E-state index in [1.54, 1.807) is 0 Å². The first-order valence-corrected chi connectivity index (χ1v) is 5.58. The number of halogens is 1. The summed E-state index contributed by atoms with van der Waals surface area (Å²) >= 11 is 3.32. The van der Waals surface area contributed by atoms with Gasteiger partial charge in [0.15, 0.2) is 0 Å². The molecule has 3 rings (SSSR count). The Morgan fingerprint density at radius 3 is 2.93 bits per heavy atom. The van der Waals surface area contributed by atoms with Gasteiger partial charge in [0, 0.05) is 11.6 Å². The van der Waals surface area contributed by atoms with Crippen molar-refractivity contribution in [3.8, 4) is 0 Å². The van der Waals surface area contributed by atoms with Crippen LogP contribution in [0.25, 0.3) is 0 Å². The number of para-hydroxylation sites is 1. The molecule has 0 spiro atoms. The maximum atomic E-state index is 11.7. The summed E-state index contributed by atoms with van der Waals surface area (Å²) in [4.78, 5) is 11.7. The Bertz CT molecular complexity index is 469. The molecular formula is C11H9BrN2O. The zero-order chi connectivity index (χ0) is 10.4. The Morgan fingerprint density at radius 1 is 1.27 bits per heavy atom. The second-order valence-corrected chi connectivity index (χ2v) is 4.59. The number of carbonyl (C=O) groups excluding carboxylic acids is 1. The molecule has 0 aromatic heterocycles. The SMILES string of the molecule is O=C1NC(Br)=CC2c3ccccc3NC12. The molecule has 0 saturated heterocycles. The highest BCUT2D eigenvalue weighted by Gasteiger charge is 2.38. The predicted octanol–water partition coefficient (Wildman–Crippen LogP) is 1.93. The molecule has 3 nitrogen and oxygen atoms in total. The monoisotopic (exact) mass is 264 g/mol. The summed E-state index contributed by atoms with van der Waals surface area (Å²) in [6, 6.07) is 7.87. The lowest BCUT2D eigenvalue weighted by Gasteiger charge is -2.22. The fraction of sp³-hybridized carbons (Fsp3) is 0.182. The summed E-state index contributed by atoms with van der Waals surface area (Å²) in [6.45, 7) is 0. The maximum absolute atomic E-state index is 11.7. The number of fused-ring (bicyclic) bond motifs is 3. The van der Waals surface area contributed by atoms with E-state index in [9.17, 15) is 4.79 Å². The van der Waals surface area contributed by atoms with Crippen molar-refractivity contribution in [3.05, 3.63) is 40.5 Å². The van der Waals surface area contributed by atoms with E-state index < -0.39 is 0 Å². The van der Waals surface area contributed by atoms with Gasteiger partial charge in [0.1, 0.15) is 6.04 Å². The molecule has 2 aliphatic rings. The molecule has 15 heavy (non-hydrogen) atoms. The van der Waals surface area contributed by atoms with E-state index >= 15 is 0 Å². The van der Waals surface area contributed by atoms with Crippen LogP contribution < -0.4 is 10.6 Å². The minimum absolute atomic E-state index is 0.0191. The number of hydrogen-bond donors (Lipinski definition) is 2. The van der Waals surface area contributed by atoms with Crippen LogP contribution in [-0.4, -0.2) is 11.9 Å². The number of rotatable bonds is 0. The molecule has 1 amide bonds. The molecule has 1 aromatic rings. The average Bonchev–Trinajstić information content (AvgIpc) is 2.57. The van der Waals surface area contributed by atoms with E-state index in [2.05, 4.69) is 32.6 Å². The Labute approximate surface area is 95.7 Å². The maximum Gasteiger partial charge on any atom is 0.248 e. The van der Waals surface area contributed by atoms with Gasteiger partial charge in [-0.25, -0.2) is 0 Å². The number of nitrogens with one attached hydrogen (secondary N) is 2. The van der Waals surface area contributed by atoms with Gasteiger partial charge in [-0.3, -0.25) is 4.79 Å². The van der Waals surface area contributed by atoms with Gasteiger partial charge in [-0.1, -0.05) is 18.2 Å². The molecule has 0 saturated carbocycles. The van der Waals surface area contributed by atoms with Crippen LogP contribution in [0.2, 0.25) is 0 Å². The van der Waals surface area contributed by atoms with E-state index in [0.29, 0.717) is 0 Å². The van der Waals surface area contributed by atoms with E-state index in [1.807, 2.05) is 24.3 Å². The van der Waals surface area contributed by atoms with Crippen LogP contribution >= 0.6 is 15.9 Å². The highest BCUT2D eigenvalue weighted by atomic mass is 79.9. The van der Waals surface area contributed by atoms with Crippen LogP contribution in [0.4, 0.5) is 5.69 Å². The van der Waals surface area contributed by atoms with Gasteiger partial charge in [-0.2, -0.15) is 0 Å². The lowest BCUT2D eigenvalue weighted by Crippen LogP contribution is -2.42. The molecule has 0 radical (unpaired) electrons. The van der Waals surface area contributed by atoms with Crippen molar-refractivity contribution < 1.29 is 4.79 Å². The molecule has 2 N–H and O–H groups in total. The Morgan fingerprint density at radius 2 is 2.07 bits per heavy atom. The normalized spacial score (nSPS) is 27.3. The van der Waals surface area contributed by atoms with Crippen LogP contribution in [0.3, 0.4) is 0 Å². The van der Waals surface area contributed by atoms with Crippen molar-refractivity contribution in [1.29, 1.82) is 0 Å². The smallest absolute Gasteiger partial charge is 0.248 e. The van der Waals surface area contributed by atoms with E-state index in [4.69, 9.17) is 0 Å². The van der Waals surface area contributed by atoms with Crippen molar-refractivity contribution >= 4 is 27.5 Å². The van der Waals surface area contributed by atoms with Gasteiger partial charge in [0.05, 0.1) is 4.61 Å². The third kappa shape index (κ3) is 1.28. The van der Waals surface area contributed by atoms with E-state index in [0.717, 1.165) is 10.3 Å². The molecule has 0 bridgehead atoms. The Hall–Kier alpha value is -1.29. The lowest BCUT2D eigenvalue weighted by atomic mass is 9.93. The minimum atomic E-state index is -0.163. The summed E-state index contributed by atoms with van der Waals surface area (Å²) < 4.78 is 0.757. The minimum Gasteiger partial charge on any atom is -0.373 e. The third-order valence-electron chi connectivity index (χ3n) is 2.84. The number of benzene rings is 1. The highest BCUT2D eigenvalue weighted by molar-refractivity contribution is 9.11. The Balaban J connectivity index is 2.12. The molecule has 1 aromatic carbocycles. The fourth-order valence-corrected chi connectivity index (χ4v) is 2.65. The number of anilines is 1. The van der Waals surface area contributed by atoms with Crippen LogP contribution in [0.15, 0.2) is 34.9 Å². The van der Waals surface area contributed by atoms with Gasteiger partial charge in [0.25, 0.3) is 0 Å². The van der Waals surface area contributed by atoms with Crippen molar-refractivity contribution in [2.45, 2.75) is 12.0 Å². The van der Waals surface area contributed by atoms with Crippen molar-refractivity contribution in [1.82, 2.24) is 5.32 Å². The quantitative estimate of drug-likeness (QED) is 0.704. The first-order valence-electron chi connectivity index (χ1n) is 4.79. The summed E-state index contributed by atoms with van der Waals surface area (Å²) in [5, 5.41) is 5.99. The number of carbonyl (C=O) groups is 1. The molecule has 2 aliphatic heterocycles. The standard InChI is InChI=1S/C11H9BrN2O/c12-9-5-7-6-3-1-2-4-8(6)13-10(7)11(15)14-9/h1-5,7,10,13H,(H,14,15). The van der Waals surface area contributed by atoms with Crippen LogP contribution in [0, 0.1) is 0 Å². The molecule has 2 atom stereocenters. The average molecular weight is 265 g/mol. The van der Waals surface area contributed by atoms with E-state index in [-0.39, 0.29) is 17.9 Å². The highest BCUT2D eigenvalue weighted by Crippen LogP contribution is 2.39. The summed E-state index contributed by atoms with van der Waals surface area (Å²) in [5.74, 6) is 0.162. The summed E-state index contributed by atoms with van der Waals surface area (Å²) in [6.07, 6.45) is 2.03. The first kappa shape index (κ1) is 8.97. The molecule has 76 valence electrons. The fourth-order valence-electron chi connectivity index (χ4n) is 2.17. The van der Waals surface area contributed by atoms with Crippen molar-refractivity contribution in [2.24, 2.45) is 0 Å². The molecule has 0 fully saturated rings. The molecular weight excluding hydrogens is 256 g/mol. The molecule has 0 aliphatic carbocycles. The largest absolute Gasteiger partial charge is 0.373 e. The first-order chi connectivity index (χ1) is 7.25. The van der Waals surface area contributed by atoms with Gasteiger partial charge >= 0.3 is 0 Å². The van der Waals surface area contributed by atoms with Crippen molar-refractivity contribution in [3.63, 3.8) is 0 Å². The zero-order valence-corrected chi connectivity index (χ0v) is 9.41. The zero-order valence-electron chi connectivity index (χ0n) is 7.83. The number of amides is 1. The van der Waals surface area contributed by atoms with Gasteiger partial charge in [-0.15, -0.1) is 0 Å². The second-order valence-electron chi connectivity index (χ2n) is 3.74. The topological polar surface area (TPSA) is 41.1 Å². The molecule has 2 heterocycles. The van der Waals surface area contributed by atoms with Gasteiger partial charge in [0.2, 0.25) is 5.91 Å². The molecule has 4 heteroatoms. The van der Waals surface area contributed by atoms with Gasteiger partial charge in [-0.05, 0) is 33.6 Å². The Kier molecular flexibility index (Phi) is 1.85. The third-order valence-corrected chi connectivity index (χ3v) is 3.30. The molecule has 2 unspecified atom stereocenters. The van der Waals surface area contributed by atoms with Crippen LogP contribution in [0.5, 0.6) is 0 Å². The van der Waals surface area contributed by atoms with Gasteiger partial charge < -0.3 is 10.6 Å². The van der Waals surface area contributed by atoms with Crippen LogP contribution in [0.1, 0.15) is 11.5 Å². The second kappa shape index (κ2) is 3.10. The summed E-state index contributed by atoms with van der Waals surface area (Å²) in [5.41, 5.74) is 2.25. The van der Waals surface area contributed by atoms with Crippen LogP contribution in [-0.2, 0) is 4.79 Å². The van der Waals surface area contributed by atoms with Crippen molar-refractivity contribution in [2.75, 3.05) is 5.32 Å². The lowest BCUT2D eigenvalue weighted by molar-refractivity contribution is -0.121. The van der Waals surface area contributed by atoms with E-state index in [1.165, 1.54) is 5.56 Å². The predicted molar refractivity (Wildman–Crippen MR) is 61.7 cm³/mol. The number of hydrogen-bond acceptors (Lipinski definition) is 2. The summed E-state index contributed by atoms with van der Waals surface area (Å²) in [7, 11) is 0.